The van der Waals surface area contributed by atoms with Crippen LogP contribution in [0, 0.1) is 6.07 Å². The van der Waals surface area contributed by atoms with Crippen molar-refractivity contribution in [3.8, 4) is 22.3 Å². The van der Waals surface area contributed by atoms with E-state index in [4.69, 9.17) is 0 Å². The fraction of sp³-hybridized carbons (Fsp3) is 0.143. The van der Waals surface area contributed by atoms with E-state index < -0.39 is 0 Å². The molecule has 3 aromatic carbocycles. The Labute approximate surface area is 126 Å². The van der Waals surface area contributed by atoms with Crippen molar-refractivity contribution in [1.82, 2.24) is 0 Å². The molecule has 0 atom stereocenters. The van der Waals surface area contributed by atoms with Crippen LogP contribution in [0.3, 0.4) is 0 Å². The predicted octanol–water partition coefficient (Wildman–Crippen LogP) is 5.46. The van der Waals surface area contributed by atoms with E-state index in [1.54, 1.807) is 0 Å². The van der Waals surface area contributed by atoms with Gasteiger partial charge in [-0.3, -0.25) is 0 Å². The van der Waals surface area contributed by atoms with Gasteiger partial charge >= 0.3 is 0 Å². The highest BCUT2D eigenvalue weighted by Crippen LogP contribution is 2.51. The summed E-state index contributed by atoms with van der Waals surface area (Å²) in [5.41, 5.74) is 8.18. The summed E-state index contributed by atoms with van der Waals surface area (Å²) in [4.78, 5) is 0. The van der Waals surface area contributed by atoms with Gasteiger partial charge in [0.1, 0.15) is 0 Å². The van der Waals surface area contributed by atoms with E-state index in [-0.39, 0.29) is 5.41 Å². The van der Waals surface area contributed by atoms with Crippen LogP contribution in [0.25, 0.3) is 22.3 Å². The van der Waals surface area contributed by atoms with Gasteiger partial charge in [-0.1, -0.05) is 74.5 Å². The summed E-state index contributed by atoms with van der Waals surface area (Å²) < 4.78 is 0. The average molecular weight is 269 g/mol. The van der Waals surface area contributed by atoms with Gasteiger partial charge < -0.3 is 0 Å². The van der Waals surface area contributed by atoms with Crippen molar-refractivity contribution in [3.63, 3.8) is 0 Å². The molecule has 1 radical (unpaired) electrons. The zero-order valence-electron chi connectivity index (χ0n) is 12.4. The summed E-state index contributed by atoms with van der Waals surface area (Å²) in [6.45, 7) is 4.62. The molecule has 3 aromatic rings. The topological polar surface area (TPSA) is 0 Å². The van der Waals surface area contributed by atoms with Crippen LogP contribution in [-0.4, -0.2) is 0 Å². The molecule has 0 amide bonds. The first-order valence-electron chi connectivity index (χ1n) is 7.39. The average Bonchev–Trinajstić information content (AvgIpc) is 2.77. The molecule has 0 heterocycles. The van der Waals surface area contributed by atoms with Gasteiger partial charge in [-0.05, 0) is 45.5 Å². The normalized spacial score (nSPS) is 14.6. The summed E-state index contributed by atoms with van der Waals surface area (Å²) in [5, 5.41) is 0. The molecule has 1 aliphatic carbocycles. The first-order valence-corrected chi connectivity index (χ1v) is 7.39. The minimum atomic E-state index is 0.0601. The van der Waals surface area contributed by atoms with Crippen LogP contribution in [0.2, 0.25) is 0 Å². The first kappa shape index (κ1) is 12.4. The van der Waals surface area contributed by atoms with Crippen LogP contribution >= 0.6 is 0 Å². The minimum Gasteiger partial charge on any atom is -0.0622 e. The molecule has 0 nitrogen and oxygen atoms in total. The third-order valence-electron chi connectivity index (χ3n) is 4.63. The second-order valence-electron chi connectivity index (χ2n) is 6.19. The molecule has 0 heteroatoms. The number of benzene rings is 3. The smallest absolute Gasteiger partial charge is 0.0159 e. The van der Waals surface area contributed by atoms with Crippen LogP contribution in [-0.2, 0) is 5.41 Å². The van der Waals surface area contributed by atoms with Crippen molar-refractivity contribution >= 4 is 0 Å². The Morgan fingerprint density at radius 2 is 1.57 bits per heavy atom. The van der Waals surface area contributed by atoms with Crippen LogP contribution in [0.4, 0.5) is 0 Å². The molecule has 0 fully saturated rings. The Bertz CT molecular complexity index is 810. The Kier molecular flexibility index (Phi) is 2.56. The predicted molar refractivity (Wildman–Crippen MR) is 88.3 cm³/mol. The number of hydrogen-bond acceptors (Lipinski definition) is 0. The van der Waals surface area contributed by atoms with Gasteiger partial charge in [0, 0.05) is 5.41 Å². The quantitative estimate of drug-likeness (QED) is 0.550. The second-order valence-corrected chi connectivity index (χ2v) is 6.19. The van der Waals surface area contributed by atoms with Crippen LogP contribution in [0.5, 0.6) is 0 Å². The van der Waals surface area contributed by atoms with E-state index >= 15 is 0 Å². The van der Waals surface area contributed by atoms with Gasteiger partial charge in [-0.15, -0.1) is 0 Å². The van der Waals surface area contributed by atoms with E-state index in [0.717, 1.165) is 0 Å². The maximum atomic E-state index is 3.25. The zero-order chi connectivity index (χ0) is 14.4. The van der Waals surface area contributed by atoms with Gasteiger partial charge in [0.05, 0.1) is 0 Å². The molecular weight excluding hydrogens is 252 g/mol. The van der Waals surface area contributed by atoms with E-state index in [1.807, 2.05) is 6.07 Å². The largest absolute Gasteiger partial charge is 0.0622 e. The van der Waals surface area contributed by atoms with Crippen molar-refractivity contribution < 1.29 is 0 Å². The lowest BCUT2D eigenvalue weighted by Crippen LogP contribution is -2.14. The molecule has 0 aliphatic heterocycles. The molecule has 0 unspecified atom stereocenters. The molecule has 4 rings (SSSR count). The van der Waals surface area contributed by atoms with Gasteiger partial charge in [0.15, 0.2) is 0 Å². The zero-order valence-corrected chi connectivity index (χ0v) is 12.4. The molecule has 0 bridgehead atoms. The summed E-state index contributed by atoms with van der Waals surface area (Å²) >= 11 is 0. The van der Waals surface area contributed by atoms with E-state index in [2.05, 4.69) is 80.6 Å². The monoisotopic (exact) mass is 269 g/mol. The number of fused-ring (bicyclic) bond motifs is 3. The molecule has 0 aromatic heterocycles. The maximum Gasteiger partial charge on any atom is 0.0159 e. The summed E-state index contributed by atoms with van der Waals surface area (Å²) in [7, 11) is 0. The fourth-order valence-electron chi connectivity index (χ4n) is 3.55. The molecule has 101 valence electrons. The number of rotatable bonds is 1. The molecular formula is C21H17. The maximum absolute atomic E-state index is 3.25. The van der Waals surface area contributed by atoms with Crippen molar-refractivity contribution in [2.24, 2.45) is 0 Å². The first-order chi connectivity index (χ1) is 10.2. The second kappa shape index (κ2) is 4.33. The van der Waals surface area contributed by atoms with Crippen LogP contribution in [0.15, 0.2) is 66.7 Å². The van der Waals surface area contributed by atoms with Gasteiger partial charge in [0.25, 0.3) is 0 Å². The molecule has 21 heavy (non-hydrogen) atoms. The SMILES string of the molecule is CC1(C)c2cc[c]cc2-c2c(-c3ccccc3)cccc21. The van der Waals surface area contributed by atoms with E-state index in [0.29, 0.717) is 0 Å². The lowest BCUT2D eigenvalue weighted by Gasteiger charge is -2.21. The third kappa shape index (κ3) is 1.69. The third-order valence-corrected chi connectivity index (χ3v) is 4.63. The Morgan fingerprint density at radius 3 is 2.38 bits per heavy atom. The minimum absolute atomic E-state index is 0.0601. The van der Waals surface area contributed by atoms with Crippen molar-refractivity contribution in [2.45, 2.75) is 19.3 Å². The molecule has 1 aliphatic rings. The van der Waals surface area contributed by atoms with Crippen LogP contribution in [0.1, 0.15) is 25.0 Å². The van der Waals surface area contributed by atoms with Crippen molar-refractivity contribution in [3.05, 3.63) is 83.9 Å². The highest BCUT2D eigenvalue weighted by molar-refractivity contribution is 5.92. The van der Waals surface area contributed by atoms with Gasteiger partial charge in [0.2, 0.25) is 0 Å². The van der Waals surface area contributed by atoms with E-state index in [1.165, 1.54) is 33.4 Å². The summed E-state index contributed by atoms with van der Waals surface area (Å²) in [6.07, 6.45) is 0. The molecule has 0 saturated carbocycles. The highest BCUT2D eigenvalue weighted by Gasteiger charge is 2.36. The number of hydrogen-bond donors (Lipinski definition) is 0. The van der Waals surface area contributed by atoms with Gasteiger partial charge in [-0.2, -0.15) is 0 Å². The van der Waals surface area contributed by atoms with Crippen molar-refractivity contribution in [2.75, 3.05) is 0 Å². The Morgan fingerprint density at radius 1 is 0.762 bits per heavy atom. The Balaban J connectivity index is 2.08. The standard InChI is InChI=1S/C21H17/c1-21(2)18-13-7-6-11-17(18)20-16(12-8-14-19(20)21)15-9-4-3-5-10-15/h3-5,7-14H,1-2H3. The van der Waals surface area contributed by atoms with Gasteiger partial charge in [-0.25, -0.2) is 0 Å². The van der Waals surface area contributed by atoms with Crippen LogP contribution < -0.4 is 0 Å². The lowest BCUT2D eigenvalue weighted by molar-refractivity contribution is 0.660. The Hall–Kier alpha value is -2.34. The highest BCUT2D eigenvalue weighted by atomic mass is 14.4. The fourth-order valence-corrected chi connectivity index (χ4v) is 3.55. The summed E-state index contributed by atoms with van der Waals surface area (Å²) in [6, 6.07) is 26.9. The lowest BCUT2D eigenvalue weighted by atomic mass is 9.82. The van der Waals surface area contributed by atoms with E-state index in [9.17, 15) is 0 Å². The molecule has 0 N–H and O–H groups in total. The van der Waals surface area contributed by atoms with Crippen molar-refractivity contribution in [1.29, 1.82) is 0 Å². The molecule has 0 saturated heterocycles. The summed E-state index contributed by atoms with van der Waals surface area (Å²) in [5.74, 6) is 0. The molecule has 0 spiro atoms.